The molecule has 6 atom stereocenters. The van der Waals surface area contributed by atoms with E-state index >= 15 is 4.79 Å². The molecule has 516 valence electrons. The van der Waals surface area contributed by atoms with Gasteiger partial charge in [0, 0.05) is 193 Å². The second-order valence-corrected chi connectivity index (χ2v) is 28.0. The molecule has 6 fully saturated rings. The van der Waals surface area contributed by atoms with E-state index in [-0.39, 0.29) is 71.6 Å². The maximum absolute atomic E-state index is 15.1. The van der Waals surface area contributed by atoms with E-state index in [0.29, 0.717) is 114 Å². The number of aromatic amines is 3. The van der Waals surface area contributed by atoms with Crippen LogP contribution in [0.15, 0.2) is 142 Å². The number of carbonyl (C=O) groups excluding carboxylic acids is 6. The SMILES string of the molecule is C=CC(=O)N1CCC[C@@H]1C(=O)N1CCC(c2cc3c(-c4cnn5ncccc45)cc(C4C[C@H](C(=O)N5CCC(c6cc7c(-c8cnn9ncccc89)c(C#CC(=O)N8CCC(C(=O)N9CCC(c%10cc%11c(-c%12cnn%13ncccc%12%13)ccnc%11[nH]%10)C9)CC8)cnc7[nH]6)C5)N(C(=O)C=C)C4)nc3[nH]2)C1. The molecular formula is C76H71N21O6. The van der Waals surface area contributed by atoms with Crippen LogP contribution in [-0.4, -0.2) is 217 Å². The number of fused-ring (bicyclic) bond motifs is 6. The number of H-pyrrole nitrogens is 3. The Hall–Kier alpha value is -12.2. The van der Waals surface area contributed by atoms with Crippen molar-refractivity contribution in [2.75, 3.05) is 65.4 Å². The van der Waals surface area contributed by atoms with Crippen LogP contribution in [0.1, 0.15) is 103 Å². The Labute approximate surface area is 588 Å². The molecular weight excluding hydrogens is 1300 g/mol. The number of pyridine rings is 3. The highest BCUT2D eigenvalue weighted by Crippen LogP contribution is 2.43. The van der Waals surface area contributed by atoms with Gasteiger partial charge in [-0.1, -0.05) is 19.1 Å². The van der Waals surface area contributed by atoms with Gasteiger partial charge >= 0.3 is 0 Å². The molecule has 3 N–H and O–H groups in total. The van der Waals surface area contributed by atoms with Crippen LogP contribution in [0.2, 0.25) is 0 Å². The molecule has 18 heterocycles. The molecule has 4 unspecified atom stereocenters. The minimum absolute atomic E-state index is 0.0175. The van der Waals surface area contributed by atoms with Crippen molar-refractivity contribution in [2.45, 2.75) is 87.1 Å². The largest absolute Gasteiger partial charge is 0.343 e. The number of nitrogens with one attached hydrogen (secondary N) is 3. The Balaban J connectivity index is 0.562. The van der Waals surface area contributed by atoms with Crippen molar-refractivity contribution in [3.63, 3.8) is 0 Å². The first-order valence-electron chi connectivity index (χ1n) is 35.3. The average molecular weight is 1370 g/mol. The predicted octanol–water partition coefficient (Wildman–Crippen LogP) is 7.43. The quantitative estimate of drug-likeness (QED) is 0.0791. The van der Waals surface area contributed by atoms with E-state index in [0.717, 1.165) is 108 Å². The van der Waals surface area contributed by atoms with Crippen LogP contribution >= 0.6 is 0 Å². The molecule has 6 saturated heterocycles. The monoisotopic (exact) mass is 1370 g/mol. The molecule has 12 aromatic rings. The van der Waals surface area contributed by atoms with Crippen LogP contribution in [0.3, 0.4) is 0 Å². The molecule has 0 spiro atoms. The zero-order chi connectivity index (χ0) is 69.7. The number of rotatable bonds is 12. The fourth-order valence-electron chi connectivity index (χ4n) is 17.0. The molecule has 0 radical (unpaired) electrons. The van der Waals surface area contributed by atoms with Gasteiger partial charge in [-0.05, 0) is 141 Å². The lowest BCUT2D eigenvalue weighted by Gasteiger charge is -2.32. The number of aromatic nitrogens is 15. The van der Waals surface area contributed by atoms with Crippen LogP contribution in [0, 0.1) is 17.8 Å². The highest BCUT2D eigenvalue weighted by molar-refractivity contribution is 6.03. The number of likely N-dealkylation sites (tertiary alicyclic amines) is 6. The third kappa shape index (κ3) is 11.0. The van der Waals surface area contributed by atoms with Crippen molar-refractivity contribution in [2.24, 2.45) is 5.92 Å². The van der Waals surface area contributed by atoms with E-state index < -0.39 is 12.1 Å². The maximum atomic E-state index is 15.1. The number of amides is 6. The molecule has 12 aromatic heterocycles. The summed E-state index contributed by atoms with van der Waals surface area (Å²) < 4.78 is 4.76. The van der Waals surface area contributed by atoms with Gasteiger partial charge in [-0.25, -0.2) is 15.0 Å². The Bertz CT molecular complexity index is 5560. The molecule has 27 heteroatoms. The summed E-state index contributed by atoms with van der Waals surface area (Å²) in [5.74, 6) is 4.61. The smallest absolute Gasteiger partial charge is 0.298 e. The Morgan fingerprint density at radius 1 is 0.466 bits per heavy atom. The van der Waals surface area contributed by atoms with Crippen LogP contribution < -0.4 is 0 Å². The van der Waals surface area contributed by atoms with E-state index in [1.807, 2.05) is 63.4 Å². The third-order valence-corrected chi connectivity index (χ3v) is 22.3. The number of nitrogens with zero attached hydrogens (tertiary/aromatic N) is 18. The Morgan fingerprint density at radius 3 is 1.61 bits per heavy atom. The molecule has 0 saturated carbocycles. The molecule has 27 nitrogen and oxygen atoms in total. The second kappa shape index (κ2) is 25.4. The Morgan fingerprint density at radius 2 is 0.990 bits per heavy atom. The highest BCUT2D eigenvalue weighted by atomic mass is 16.2. The lowest BCUT2D eigenvalue weighted by Crippen LogP contribution is -2.46. The first kappa shape index (κ1) is 63.0. The van der Waals surface area contributed by atoms with Gasteiger partial charge in [0.25, 0.3) is 5.91 Å². The minimum Gasteiger partial charge on any atom is -0.343 e. The summed E-state index contributed by atoms with van der Waals surface area (Å²) in [6, 6.07) is 20.6. The highest BCUT2D eigenvalue weighted by Gasteiger charge is 2.45. The molecule has 0 aliphatic carbocycles. The maximum Gasteiger partial charge on any atom is 0.298 e. The summed E-state index contributed by atoms with van der Waals surface area (Å²) >= 11 is 0. The summed E-state index contributed by atoms with van der Waals surface area (Å²) in [6.45, 7) is 12.2. The molecule has 0 bridgehead atoms. The number of carbonyl (C=O) groups is 6. The van der Waals surface area contributed by atoms with Gasteiger partial charge in [0.05, 0.1) is 40.7 Å². The summed E-state index contributed by atoms with van der Waals surface area (Å²) in [6.07, 6.45) is 21.4. The predicted molar refractivity (Wildman–Crippen MR) is 380 cm³/mol. The second-order valence-electron chi connectivity index (χ2n) is 28.0. The van der Waals surface area contributed by atoms with Crippen LogP contribution in [-0.2, 0) is 28.8 Å². The minimum atomic E-state index is -0.794. The normalized spacial score (nSPS) is 21.0. The fraction of sp³-hybridized carbons (Fsp3) is 0.329. The summed E-state index contributed by atoms with van der Waals surface area (Å²) in [5.41, 5.74) is 13.7. The van der Waals surface area contributed by atoms with E-state index in [9.17, 15) is 24.0 Å². The first-order chi connectivity index (χ1) is 50.4. The summed E-state index contributed by atoms with van der Waals surface area (Å²) in [7, 11) is 0. The van der Waals surface area contributed by atoms with Crippen LogP contribution in [0.5, 0.6) is 0 Å². The van der Waals surface area contributed by atoms with Crippen LogP contribution in [0.25, 0.3) is 83.0 Å². The topological polar surface area (TPSA) is 298 Å². The van der Waals surface area contributed by atoms with Crippen molar-refractivity contribution in [1.82, 2.24) is 104 Å². The average Bonchev–Trinajstić information content (AvgIpc) is 1.63. The molecule has 6 amide bonds. The van der Waals surface area contributed by atoms with Gasteiger partial charge in [0.15, 0.2) is 0 Å². The Kier molecular flexibility index (Phi) is 15.6. The molecule has 18 rings (SSSR count). The van der Waals surface area contributed by atoms with Crippen molar-refractivity contribution in [3.8, 4) is 45.2 Å². The molecule has 6 aliphatic rings. The third-order valence-electron chi connectivity index (χ3n) is 22.3. The standard InChI is InChI=1S/C76H71N21O6/c1-3-67(98)93-25-8-12-65(93)75(102)91-29-19-47(41-91)59-34-53-51(56-38-83-96-63(56)10-6-22-80-96)32-61(88-73(53)87-59)49-31-66(94(43-49)68(99)4-2)76(103)92-30-20-48(42-92)60-35-54-70(57-39-84-97-64(57)11-7-23-81-97)45(36-78-72(54)86-60)13-14-69(100)89-26-16-44(17-27-89)74(101)90-28-18-46(40-90)58-33-52-50(15-24-77-71(52)85-58)55-37-82-95-62(55)9-5-21-79-95/h3-7,9-11,15,21-24,32-39,44,46-49,65-66H,1-2,8,12,16-20,25-31,40-43H2,(H,77,85)(H,78,86)(H,87,88)/t46?,47?,48?,49?,65-,66-/m1/s1. The van der Waals surface area contributed by atoms with Gasteiger partial charge in [0.1, 0.15) is 29.0 Å². The number of hydrogen-bond acceptors (Lipinski definition) is 15. The van der Waals surface area contributed by atoms with E-state index in [1.165, 1.54) is 12.2 Å². The van der Waals surface area contributed by atoms with Gasteiger partial charge in [-0.3, -0.25) is 28.8 Å². The molecule has 6 aliphatic heterocycles. The first-order valence-corrected chi connectivity index (χ1v) is 35.3. The van der Waals surface area contributed by atoms with Gasteiger partial charge < -0.3 is 44.4 Å². The fourth-order valence-corrected chi connectivity index (χ4v) is 17.0. The van der Waals surface area contributed by atoms with E-state index in [2.05, 4.69) is 99.8 Å². The molecule has 0 aromatic carbocycles. The number of hydrogen-bond donors (Lipinski definition) is 3. The lowest BCUT2D eigenvalue weighted by atomic mass is 9.95. The zero-order valence-electron chi connectivity index (χ0n) is 56.3. The van der Waals surface area contributed by atoms with Gasteiger partial charge in [-0.15, -0.1) is 0 Å². The lowest BCUT2D eigenvalue weighted by molar-refractivity contribution is -0.141. The number of piperidine rings is 1. The van der Waals surface area contributed by atoms with Crippen molar-refractivity contribution >= 4 is 85.1 Å². The van der Waals surface area contributed by atoms with Crippen LogP contribution in [0.4, 0.5) is 0 Å². The van der Waals surface area contributed by atoms with Crippen molar-refractivity contribution < 1.29 is 28.8 Å². The van der Waals surface area contributed by atoms with E-state index in [1.54, 1.807) is 72.0 Å². The van der Waals surface area contributed by atoms with Gasteiger partial charge in [0.2, 0.25) is 29.5 Å². The van der Waals surface area contributed by atoms with Gasteiger partial charge in [-0.2, -0.15) is 44.5 Å². The van der Waals surface area contributed by atoms with Crippen molar-refractivity contribution in [1.29, 1.82) is 0 Å². The van der Waals surface area contributed by atoms with Crippen molar-refractivity contribution in [3.05, 3.63) is 170 Å². The summed E-state index contributed by atoms with van der Waals surface area (Å²) in [5, 5.41) is 29.5. The zero-order valence-corrected chi connectivity index (χ0v) is 56.3. The van der Waals surface area contributed by atoms with E-state index in [4.69, 9.17) is 9.97 Å². The summed E-state index contributed by atoms with van der Waals surface area (Å²) in [4.78, 5) is 120. The molecule has 103 heavy (non-hydrogen) atoms.